The van der Waals surface area contributed by atoms with Gasteiger partial charge >= 0.3 is 10.1 Å². The van der Waals surface area contributed by atoms with E-state index in [4.69, 9.17) is 8.92 Å². The molecule has 1 amide bonds. The molecule has 190 valence electrons. The lowest BCUT2D eigenvalue weighted by Gasteiger charge is -2.22. The molecule has 2 N–H and O–H groups in total. The van der Waals surface area contributed by atoms with Crippen LogP contribution in [0.15, 0.2) is 84.9 Å². The molecule has 0 bridgehead atoms. The van der Waals surface area contributed by atoms with Crippen LogP contribution in [0.1, 0.15) is 21.5 Å². The lowest BCUT2D eigenvalue weighted by atomic mass is 10.1. The van der Waals surface area contributed by atoms with Crippen LogP contribution in [-0.4, -0.2) is 56.8 Å². The first kappa shape index (κ1) is 27.1. The molecule has 0 fully saturated rings. The van der Waals surface area contributed by atoms with Crippen molar-refractivity contribution in [3.63, 3.8) is 0 Å². The summed E-state index contributed by atoms with van der Waals surface area (Å²) in [5.74, 6) is 0.0468. The molecule has 0 aliphatic carbocycles. The van der Waals surface area contributed by atoms with Crippen molar-refractivity contribution in [1.29, 1.82) is 0 Å². The minimum atomic E-state index is -3.59. The molecule has 0 aliphatic heterocycles. The fourth-order valence-electron chi connectivity index (χ4n) is 3.50. The van der Waals surface area contributed by atoms with E-state index in [1.807, 2.05) is 30.4 Å². The van der Waals surface area contributed by atoms with Gasteiger partial charge in [0.25, 0.3) is 5.91 Å². The molecule has 36 heavy (non-hydrogen) atoms. The van der Waals surface area contributed by atoms with Gasteiger partial charge < -0.3 is 24.0 Å². The topological polar surface area (TPSA) is 113 Å². The number of ether oxygens (including phenoxy) is 1. The van der Waals surface area contributed by atoms with Gasteiger partial charge in [0.1, 0.15) is 11.9 Å². The third-order valence-corrected chi connectivity index (χ3v) is 5.81. The summed E-state index contributed by atoms with van der Waals surface area (Å²) < 4.78 is 32.5. The van der Waals surface area contributed by atoms with Crippen molar-refractivity contribution >= 4 is 27.8 Å². The summed E-state index contributed by atoms with van der Waals surface area (Å²) in [5, 5.41) is 18.8. The van der Waals surface area contributed by atoms with E-state index in [0.717, 1.165) is 17.4 Å². The van der Waals surface area contributed by atoms with E-state index in [2.05, 4.69) is 0 Å². The Morgan fingerprint density at radius 1 is 0.972 bits per heavy atom. The molecule has 3 aromatic carbocycles. The minimum Gasteiger partial charge on any atom is -0.383 e. The molecule has 0 spiro atoms. The molecule has 3 rings (SSSR count). The van der Waals surface area contributed by atoms with E-state index >= 15 is 0 Å². The predicted molar refractivity (Wildman–Crippen MR) is 138 cm³/mol. The Kier molecular flexibility index (Phi) is 9.38. The number of nitrogens with zero attached hydrogens (tertiary/aromatic N) is 1. The van der Waals surface area contributed by atoms with Gasteiger partial charge in [-0.05, 0) is 47.5 Å². The minimum absolute atomic E-state index is 0.176. The Hall–Kier alpha value is -3.50. The molecular weight excluding hydrogens is 482 g/mol. The number of rotatable bonds is 11. The number of benzene rings is 3. The van der Waals surface area contributed by atoms with E-state index < -0.39 is 22.5 Å². The van der Waals surface area contributed by atoms with Gasteiger partial charge in [-0.25, -0.2) is 0 Å². The maximum atomic E-state index is 13.3. The molecule has 0 saturated carbocycles. The number of carbonyl (C=O) groups excluding carboxylic acids is 1. The predicted octanol–water partition coefficient (Wildman–Crippen LogP) is 3.25. The Morgan fingerprint density at radius 2 is 1.61 bits per heavy atom. The van der Waals surface area contributed by atoms with Crippen LogP contribution in [0.2, 0.25) is 0 Å². The summed E-state index contributed by atoms with van der Waals surface area (Å²) in [7, 11) is -2.18. The van der Waals surface area contributed by atoms with Crippen LogP contribution in [0, 0.1) is 0 Å². The van der Waals surface area contributed by atoms with Crippen molar-refractivity contribution in [3.8, 4) is 5.75 Å². The van der Waals surface area contributed by atoms with Crippen LogP contribution in [-0.2, 0) is 21.3 Å². The Bertz CT molecular complexity index is 1260. The molecule has 0 heterocycles. The second kappa shape index (κ2) is 12.5. The summed E-state index contributed by atoms with van der Waals surface area (Å²) >= 11 is 0. The van der Waals surface area contributed by atoms with Crippen molar-refractivity contribution in [2.45, 2.75) is 18.8 Å². The molecule has 0 radical (unpaired) electrons. The van der Waals surface area contributed by atoms with Gasteiger partial charge in [-0.1, -0.05) is 54.6 Å². The highest BCUT2D eigenvalue weighted by molar-refractivity contribution is 7.86. The van der Waals surface area contributed by atoms with Gasteiger partial charge in [-0.2, -0.15) is 8.42 Å². The fraction of sp³-hybridized carbons (Fsp3) is 0.222. The number of methoxy groups -OCH3 is 1. The zero-order chi connectivity index (χ0) is 26.1. The van der Waals surface area contributed by atoms with Gasteiger partial charge in [0.05, 0.1) is 6.26 Å². The Labute approximate surface area is 211 Å². The smallest absolute Gasteiger partial charge is 0.306 e. The monoisotopic (exact) mass is 511 g/mol. The van der Waals surface area contributed by atoms with Crippen LogP contribution >= 0.6 is 0 Å². The highest BCUT2D eigenvalue weighted by Crippen LogP contribution is 2.21. The van der Waals surface area contributed by atoms with Crippen LogP contribution in [0.25, 0.3) is 6.08 Å². The second-order valence-corrected chi connectivity index (χ2v) is 9.67. The summed E-state index contributed by atoms with van der Waals surface area (Å²) in [4.78, 5) is 14.9. The van der Waals surface area contributed by atoms with E-state index in [0.29, 0.717) is 17.7 Å². The zero-order valence-electron chi connectivity index (χ0n) is 20.0. The maximum absolute atomic E-state index is 13.3. The Morgan fingerprint density at radius 3 is 2.17 bits per heavy atom. The van der Waals surface area contributed by atoms with Gasteiger partial charge in [0.2, 0.25) is 0 Å². The van der Waals surface area contributed by atoms with Gasteiger partial charge in [-0.15, -0.1) is 0 Å². The van der Waals surface area contributed by atoms with Gasteiger partial charge in [0.15, 0.2) is 6.29 Å². The zero-order valence-corrected chi connectivity index (χ0v) is 20.8. The molecule has 3 aromatic rings. The summed E-state index contributed by atoms with van der Waals surface area (Å²) in [5.41, 5.74) is 2.86. The first-order valence-electron chi connectivity index (χ1n) is 11.2. The van der Waals surface area contributed by atoms with Crippen LogP contribution in [0.4, 0.5) is 5.69 Å². The fourth-order valence-corrected chi connectivity index (χ4v) is 3.96. The largest absolute Gasteiger partial charge is 0.383 e. The first-order valence-corrected chi connectivity index (χ1v) is 13.0. The van der Waals surface area contributed by atoms with Crippen molar-refractivity contribution in [1.82, 2.24) is 0 Å². The highest BCUT2D eigenvalue weighted by atomic mass is 32.2. The lowest BCUT2D eigenvalue weighted by molar-refractivity contribution is -0.133. The first-order chi connectivity index (χ1) is 17.2. The van der Waals surface area contributed by atoms with Crippen LogP contribution < -0.4 is 9.08 Å². The maximum Gasteiger partial charge on any atom is 0.306 e. The molecule has 8 nitrogen and oxygen atoms in total. The van der Waals surface area contributed by atoms with Gasteiger partial charge in [-0.3, -0.25) is 4.79 Å². The molecular formula is C27H29NO7S. The van der Waals surface area contributed by atoms with Crippen molar-refractivity contribution in [2.75, 3.05) is 24.8 Å². The average molecular weight is 512 g/mol. The molecule has 1 atom stereocenters. The average Bonchev–Trinajstić information content (AvgIpc) is 2.86. The van der Waals surface area contributed by atoms with E-state index in [-0.39, 0.29) is 18.2 Å². The number of amides is 1. The number of hydrogen-bond acceptors (Lipinski definition) is 7. The number of aliphatic hydroxyl groups excluding tert-OH is 1. The van der Waals surface area contributed by atoms with E-state index in [1.165, 1.54) is 7.11 Å². The van der Waals surface area contributed by atoms with E-state index in [9.17, 15) is 23.4 Å². The van der Waals surface area contributed by atoms with Gasteiger partial charge in [0, 0.05) is 31.3 Å². The normalized spacial score (nSPS) is 12.6. The number of anilines is 1. The van der Waals surface area contributed by atoms with Crippen LogP contribution in [0.3, 0.4) is 0 Å². The summed E-state index contributed by atoms with van der Waals surface area (Å²) in [6.45, 7) is 0.282. The number of hydrogen-bond donors (Lipinski definition) is 2. The Balaban J connectivity index is 1.79. The third-order valence-electron chi connectivity index (χ3n) is 5.31. The molecule has 0 unspecified atom stereocenters. The highest BCUT2D eigenvalue weighted by Gasteiger charge is 2.19. The second-order valence-electron chi connectivity index (χ2n) is 8.10. The molecule has 0 saturated heterocycles. The SMILES string of the molecule is CO[C@@H](Cc1ccc(N(CC=Cc2ccc(OS(C)(=O)=O)cc2)C(=O)c2ccccc2)cc1)C(O)O. The molecule has 9 heteroatoms. The molecule has 0 aliphatic rings. The van der Waals surface area contributed by atoms with Crippen molar-refractivity contribution in [2.24, 2.45) is 0 Å². The number of aliphatic hydroxyl groups is 2. The number of carbonyl (C=O) groups is 1. The van der Waals surface area contributed by atoms with Crippen molar-refractivity contribution < 1.29 is 32.3 Å². The molecule has 0 aromatic heterocycles. The third kappa shape index (κ3) is 8.03. The quantitative estimate of drug-likeness (QED) is 0.300. The van der Waals surface area contributed by atoms with Crippen LogP contribution in [0.5, 0.6) is 5.75 Å². The standard InChI is InChI=1S/C27H29NO7S/c1-34-25(27(30)31)19-21-10-14-23(15-11-21)28(26(29)22-8-4-3-5-9-22)18-6-7-20-12-16-24(17-13-20)35-36(2,32)33/h3-17,25,27,30-31H,18-19H2,1-2H3/t25-/m0/s1. The lowest BCUT2D eigenvalue weighted by Crippen LogP contribution is -2.31. The van der Waals surface area contributed by atoms with Crippen molar-refractivity contribution in [3.05, 3.63) is 102 Å². The van der Waals surface area contributed by atoms with E-state index in [1.54, 1.807) is 65.6 Å². The summed E-state index contributed by atoms with van der Waals surface area (Å²) in [6, 6.07) is 22.7. The summed E-state index contributed by atoms with van der Waals surface area (Å²) in [6.07, 6.45) is 2.61.